The SMILES string of the molecule is COc1ccc(C2C3CCc4cc(OC)ccc4C3=NN2C(C)=CC(C)=O)cc1. The van der Waals surface area contributed by atoms with Gasteiger partial charge in [0.1, 0.15) is 11.5 Å². The molecule has 5 nitrogen and oxygen atoms in total. The fourth-order valence-electron chi connectivity index (χ4n) is 4.42. The number of ketones is 1. The molecule has 2 aromatic rings. The summed E-state index contributed by atoms with van der Waals surface area (Å²) < 4.78 is 10.7. The number of hydrogen-bond acceptors (Lipinski definition) is 5. The maximum Gasteiger partial charge on any atom is 0.154 e. The van der Waals surface area contributed by atoms with Crippen molar-refractivity contribution in [3.63, 3.8) is 0 Å². The zero-order chi connectivity index (χ0) is 20.5. The lowest BCUT2D eigenvalue weighted by Gasteiger charge is -2.31. The minimum atomic E-state index is 0.0242. The Morgan fingerprint density at radius 2 is 1.76 bits per heavy atom. The highest BCUT2D eigenvalue weighted by Crippen LogP contribution is 2.45. The molecule has 4 rings (SSSR count). The molecular weight excluding hydrogens is 364 g/mol. The third-order valence-corrected chi connectivity index (χ3v) is 5.76. The first kappa shape index (κ1) is 19.2. The third-order valence-electron chi connectivity index (χ3n) is 5.76. The van der Waals surface area contributed by atoms with Crippen molar-refractivity contribution in [2.24, 2.45) is 11.0 Å². The molecule has 0 radical (unpaired) electrons. The van der Waals surface area contributed by atoms with Crippen LogP contribution in [0.2, 0.25) is 0 Å². The summed E-state index contributed by atoms with van der Waals surface area (Å²) in [5.74, 6) is 1.99. The number of benzene rings is 2. The van der Waals surface area contributed by atoms with Crippen molar-refractivity contribution in [2.45, 2.75) is 32.7 Å². The number of fused-ring (bicyclic) bond motifs is 3. The van der Waals surface area contributed by atoms with Crippen LogP contribution >= 0.6 is 0 Å². The van der Waals surface area contributed by atoms with Crippen LogP contribution in [-0.2, 0) is 11.2 Å². The van der Waals surface area contributed by atoms with Gasteiger partial charge in [-0.2, -0.15) is 5.10 Å². The summed E-state index contributed by atoms with van der Waals surface area (Å²) >= 11 is 0. The molecule has 1 aliphatic heterocycles. The lowest BCUT2D eigenvalue weighted by molar-refractivity contribution is -0.112. The molecule has 0 amide bonds. The van der Waals surface area contributed by atoms with Gasteiger partial charge in [-0.25, -0.2) is 0 Å². The molecule has 5 heteroatoms. The predicted octanol–water partition coefficient (Wildman–Crippen LogP) is 4.52. The summed E-state index contributed by atoms with van der Waals surface area (Å²) in [6.07, 6.45) is 3.64. The minimum Gasteiger partial charge on any atom is -0.497 e. The lowest BCUT2D eigenvalue weighted by Crippen LogP contribution is -2.28. The number of methoxy groups -OCH3 is 2. The fourth-order valence-corrected chi connectivity index (χ4v) is 4.42. The van der Waals surface area contributed by atoms with E-state index in [-0.39, 0.29) is 17.7 Å². The molecule has 0 fully saturated rings. The van der Waals surface area contributed by atoms with Gasteiger partial charge >= 0.3 is 0 Å². The summed E-state index contributed by atoms with van der Waals surface area (Å²) in [6, 6.07) is 14.4. The second-order valence-electron chi connectivity index (χ2n) is 7.61. The van der Waals surface area contributed by atoms with Crippen molar-refractivity contribution < 1.29 is 14.3 Å². The van der Waals surface area contributed by atoms with E-state index in [9.17, 15) is 4.79 Å². The van der Waals surface area contributed by atoms with Crippen molar-refractivity contribution in [1.82, 2.24) is 5.01 Å². The first-order chi connectivity index (χ1) is 14.0. The molecule has 2 aliphatic rings. The highest BCUT2D eigenvalue weighted by molar-refractivity contribution is 6.06. The van der Waals surface area contributed by atoms with Gasteiger partial charge in [0, 0.05) is 23.3 Å². The molecule has 150 valence electrons. The monoisotopic (exact) mass is 390 g/mol. The largest absolute Gasteiger partial charge is 0.497 e. The summed E-state index contributed by atoms with van der Waals surface area (Å²) in [6.45, 7) is 3.53. The molecular formula is C24H26N2O3. The van der Waals surface area contributed by atoms with Crippen molar-refractivity contribution in [3.8, 4) is 11.5 Å². The van der Waals surface area contributed by atoms with Gasteiger partial charge in [-0.3, -0.25) is 9.80 Å². The van der Waals surface area contributed by atoms with Crippen LogP contribution < -0.4 is 9.47 Å². The molecule has 0 N–H and O–H groups in total. The first-order valence-corrected chi connectivity index (χ1v) is 9.89. The van der Waals surface area contributed by atoms with Crippen molar-refractivity contribution >= 4 is 11.5 Å². The molecule has 0 bridgehead atoms. The number of aryl methyl sites for hydroxylation is 1. The number of rotatable bonds is 5. The summed E-state index contributed by atoms with van der Waals surface area (Å²) in [5.41, 5.74) is 5.56. The number of nitrogens with zero attached hydrogens (tertiary/aromatic N) is 2. The van der Waals surface area contributed by atoms with Crippen LogP contribution in [0.4, 0.5) is 0 Å². The van der Waals surface area contributed by atoms with Crippen LogP contribution in [0.3, 0.4) is 0 Å². The number of carbonyl (C=O) groups excluding carboxylic acids is 1. The van der Waals surface area contributed by atoms with Crippen LogP contribution in [0.25, 0.3) is 0 Å². The molecule has 0 spiro atoms. The van der Waals surface area contributed by atoms with Crippen LogP contribution in [0.15, 0.2) is 59.3 Å². The third kappa shape index (κ3) is 3.53. The molecule has 2 unspecified atom stereocenters. The molecule has 0 aromatic heterocycles. The Kier molecular flexibility index (Phi) is 5.14. The van der Waals surface area contributed by atoms with Gasteiger partial charge in [-0.05, 0) is 68.1 Å². The zero-order valence-corrected chi connectivity index (χ0v) is 17.3. The van der Waals surface area contributed by atoms with Crippen LogP contribution in [0.5, 0.6) is 11.5 Å². The molecule has 1 aliphatic carbocycles. The van der Waals surface area contributed by atoms with Crippen LogP contribution in [-0.4, -0.2) is 30.7 Å². The zero-order valence-electron chi connectivity index (χ0n) is 17.3. The van der Waals surface area contributed by atoms with Gasteiger partial charge < -0.3 is 9.47 Å². The van der Waals surface area contributed by atoms with Gasteiger partial charge in [0.15, 0.2) is 5.78 Å². The first-order valence-electron chi connectivity index (χ1n) is 9.89. The summed E-state index contributed by atoms with van der Waals surface area (Å²) in [4.78, 5) is 11.7. The van der Waals surface area contributed by atoms with E-state index in [1.54, 1.807) is 27.2 Å². The van der Waals surface area contributed by atoms with Crippen LogP contribution in [0, 0.1) is 5.92 Å². The maximum absolute atomic E-state index is 11.7. The van der Waals surface area contributed by atoms with Gasteiger partial charge in [0.25, 0.3) is 0 Å². The van der Waals surface area contributed by atoms with Gasteiger partial charge in [-0.1, -0.05) is 12.1 Å². The number of ether oxygens (including phenoxy) is 2. The second-order valence-corrected chi connectivity index (χ2v) is 7.61. The second kappa shape index (κ2) is 7.74. The molecule has 0 saturated carbocycles. The Labute approximate surface area is 171 Å². The van der Waals surface area contributed by atoms with E-state index >= 15 is 0 Å². The minimum absolute atomic E-state index is 0.0242. The van der Waals surface area contributed by atoms with Gasteiger partial charge in [0.05, 0.1) is 26.0 Å². The van der Waals surface area contributed by atoms with E-state index in [0.717, 1.165) is 35.7 Å². The van der Waals surface area contributed by atoms with E-state index in [1.165, 1.54) is 16.7 Å². The molecule has 2 atom stereocenters. The van der Waals surface area contributed by atoms with Crippen molar-refractivity contribution in [3.05, 3.63) is 70.9 Å². The number of allylic oxidation sites excluding steroid dienone is 2. The predicted molar refractivity (Wildman–Crippen MR) is 113 cm³/mol. The number of carbonyl (C=O) groups is 1. The highest BCUT2D eigenvalue weighted by atomic mass is 16.5. The summed E-state index contributed by atoms with van der Waals surface area (Å²) in [7, 11) is 3.36. The molecule has 0 saturated heterocycles. The standard InChI is InChI=1S/C24H26N2O3/c1-15(13-16(2)27)26-24(17-5-8-19(28-3)9-6-17)22-11-7-18-14-20(29-4)10-12-21(18)23(22)25-26/h5-6,8-10,12-14,22,24H,7,11H2,1-4H3. The summed E-state index contributed by atoms with van der Waals surface area (Å²) in [5, 5.41) is 7.03. The lowest BCUT2D eigenvalue weighted by atomic mass is 9.77. The smallest absolute Gasteiger partial charge is 0.154 e. The van der Waals surface area contributed by atoms with E-state index in [2.05, 4.69) is 24.3 Å². The number of hydrogen-bond donors (Lipinski definition) is 0. The van der Waals surface area contributed by atoms with Gasteiger partial charge in [-0.15, -0.1) is 0 Å². The van der Waals surface area contributed by atoms with E-state index < -0.39 is 0 Å². The maximum atomic E-state index is 11.7. The van der Waals surface area contributed by atoms with Crippen molar-refractivity contribution in [1.29, 1.82) is 0 Å². The highest BCUT2D eigenvalue weighted by Gasteiger charge is 2.42. The average molecular weight is 390 g/mol. The Morgan fingerprint density at radius 3 is 2.41 bits per heavy atom. The molecule has 1 heterocycles. The Morgan fingerprint density at radius 1 is 1.07 bits per heavy atom. The Hall–Kier alpha value is -3.08. The average Bonchev–Trinajstić information content (AvgIpc) is 3.13. The quantitative estimate of drug-likeness (QED) is 0.705. The van der Waals surface area contributed by atoms with E-state index in [0.29, 0.717) is 0 Å². The van der Waals surface area contributed by atoms with E-state index in [4.69, 9.17) is 14.6 Å². The molecule has 29 heavy (non-hydrogen) atoms. The fraction of sp³-hybridized carbons (Fsp3) is 0.333. The van der Waals surface area contributed by atoms with Crippen LogP contribution in [0.1, 0.15) is 43.0 Å². The van der Waals surface area contributed by atoms with Gasteiger partial charge in [0.2, 0.25) is 0 Å². The Balaban J connectivity index is 1.79. The van der Waals surface area contributed by atoms with E-state index in [1.807, 2.05) is 30.1 Å². The Bertz CT molecular complexity index is 992. The normalized spacial score (nSPS) is 20.6. The molecule has 2 aromatic carbocycles. The topological polar surface area (TPSA) is 51.1 Å². The number of hydrazone groups is 1. The van der Waals surface area contributed by atoms with Crippen molar-refractivity contribution in [2.75, 3.05) is 14.2 Å².